The van der Waals surface area contributed by atoms with E-state index in [4.69, 9.17) is 0 Å². The zero-order valence-corrected chi connectivity index (χ0v) is 7.80. The second-order valence-corrected chi connectivity index (χ2v) is 3.50. The van der Waals surface area contributed by atoms with E-state index in [0.717, 1.165) is 6.42 Å². The van der Waals surface area contributed by atoms with Crippen LogP contribution in [0.15, 0.2) is 0 Å². The quantitative estimate of drug-likeness (QED) is 0.654. The van der Waals surface area contributed by atoms with E-state index in [2.05, 4.69) is 17.0 Å². The summed E-state index contributed by atoms with van der Waals surface area (Å²) in [6.07, 6.45) is 4.53. The molecular weight excluding hydrogens is 154 g/mol. The van der Waals surface area contributed by atoms with E-state index in [1.807, 2.05) is 0 Å². The lowest BCUT2D eigenvalue weighted by Crippen LogP contribution is -2.40. The largest absolute Gasteiger partial charge is 0.453 e. The van der Waals surface area contributed by atoms with E-state index in [9.17, 15) is 4.79 Å². The number of carbonyl (C=O) groups excluding carboxylic acids is 1. The Hall–Kier alpha value is -0.730. The summed E-state index contributed by atoms with van der Waals surface area (Å²) in [7, 11) is 1.41. The summed E-state index contributed by atoms with van der Waals surface area (Å²) in [4.78, 5) is 10.9. The summed E-state index contributed by atoms with van der Waals surface area (Å²) in [6, 6.07) is 0.325. The van der Waals surface area contributed by atoms with Crippen LogP contribution in [0.3, 0.4) is 0 Å². The van der Waals surface area contributed by atoms with Gasteiger partial charge in [-0.1, -0.05) is 19.8 Å². The van der Waals surface area contributed by atoms with Gasteiger partial charge >= 0.3 is 6.09 Å². The fourth-order valence-electron chi connectivity index (χ4n) is 1.74. The van der Waals surface area contributed by atoms with E-state index in [-0.39, 0.29) is 6.09 Å². The van der Waals surface area contributed by atoms with E-state index in [1.54, 1.807) is 0 Å². The lowest BCUT2D eigenvalue weighted by molar-refractivity contribution is 0.156. The van der Waals surface area contributed by atoms with Crippen molar-refractivity contribution in [1.82, 2.24) is 5.32 Å². The van der Waals surface area contributed by atoms with Crippen LogP contribution in [0, 0.1) is 5.92 Å². The average molecular weight is 171 g/mol. The summed E-state index contributed by atoms with van der Waals surface area (Å²) >= 11 is 0. The predicted molar refractivity (Wildman–Crippen MR) is 47.0 cm³/mol. The van der Waals surface area contributed by atoms with Crippen molar-refractivity contribution in [2.75, 3.05) is 7.11 Å². The summed E-state index contributed by atoms with van der Waals surface area (Å²) in [6.45, 7) is 2.18. The van der Waals surface area contributed by atoms with Gasteiger partial charge in [0.25, 0.3) is 0 Å². The second kappa shape index (κ2) is 4.33. The third-order valence-electron chi connectivity index (χ3n) is 2.60. The molecule has 0 spiro atoms. The first-order valence-corrected chi connectivity index (χ1v) is 4.58. The molecule has 1 saturated carbocycles. The first-order chi connectivity index (χ1) is 5.74. The minimum Gasteiger partial charge on any atom is -0.453 e. The number of hydrogen-bond acceptors (Lipinski definition) is 2. The van der Waals surface area contributed by atoms with Crippen LogP contribution in [-0.2, 0) is 4.74 Å². The maximum absolute atomic E-state index is 10.9. The highest BCUT2D eigenvalue weighted by molar-refractivity contribution is 5.67. The van der Waals surface area contributed by atoms with Gasteiger partial charge in [-0.3, -0.25) is 0 Å². The monoisotopic (exact) mass is 171 g/mol. The lowest BCUT2D eigenvalue weighted by atomic mass is 9.86. The Balaban J connectivity index is 2.33. The first kappa shape index (κ1) is 9.36. The van der Waals surface area contributed by atoms with Crippen LogP contribution >= 0.6 is 0 Å². The molecule has 1 fully saturated rings. The summed E-state index contributed by atoms with van der Waals surface area (Å²) in [5, 5.41) is 2.86. The molecule has 1 rings (SSSR count). The van der Waals surface area contributed by atoms with Crippen LogP contribution in [-0.4, -0.2) is 19.2 Å². The molecule has 0 radical (unpaired) electrons. The molecule has 12 heavy (non-hydrogen) atoms. The third-order valence-corrected chi connectivity index (χ3v) is 2.60. The topological polar surface area (TPSA) is 38.3 Å². The fraction of sp³-hybridized carbons (Fsp3) is 0.889. The molecule has 0 aromatic heterocycles. The molecule has 0 aromatic carbocycles. The van der Waals surface area contributed by atoms with Gasteiger partial charge in [0.2, 0.25) is 0 Å². The Bertz CT molecular complexity index is 159. The molecule has 0 saturated heterocycles. The highest BCUT2D eigenvalue weighted by atomic mass is 16.5. The normalized spacial score (nSPS) is 29.5. The van der Waals surface area contributed by atoms with Crippen molar-refractivity contribution < 1.29 is 9.53 Å². The van der Waals surface area contributed by atoms with Crippen LogP contribution in [0.4, 0.5) is 4.79 Å². The molecule has 3 heteroatoms. The maximum Gasteiger partial charge on any atom is 0.407 e. The number of ether oxygens (including phenoxy) is 1. The van der Waals surface area contributed by atoms with Crippen LogP contribution in [0.1, 0.15) is 32.6 Å². The van der Waals surface area contributed by atoms with Crippen molar-refractivity contribution in [3.05, 3.63) is 0 Å². The van der Waals surface area contributed by atoms with Crippen molar-refractivity contribution in [3.63, 3.8) is 0 Å². The molecule has 1 amide bonds. The van der Waals surface area contributed by atoms with Crippen molar-refractivity contribution in [2.24, 2.45) is 5.92 Å². The smallest absolute Gasteiger partial charge is 0.407 e. The maximum atomic E-state index is 10.9. The van der Waals surface area contributed by atoms with Gasteiger partial charge in [0.15, 0.2) is 0 Å². The number of nitrogens with one attached hydrogen (secondary N) is 1. The molecule has 2 atom stereocenters. The summed E-state index contributed by atoms with van der Waals surface area (Å²) in [5.41, 5.74) is 0. The molecule has 1 N–H and O–H groups in total. The second-order valence-electron chi connectivity index (χ2n) is 3.50. The van der Waals surface area contributed by atoms with Gasteiger partial charge in [-0.05, 0) is 18.8 Å². The zero-order valence-electron chi connectivity index (χ0n) is 7.80. The van der Waals surface area contributed by atoms with Gasteiger partial charge in [0.05, 0.1) is 7.11 Å². The highest BCUT2D eigenvalue weighted by Crippen LogP contribution is 2.23. The minimum atomic E-state index is -0.297. The fourth-order valence-corrected chi connectivity index (χ4v) is 1.74. The lowest BCUT2D eigenvalue weighted by Gasteiger charge is -2.28. The standard InChI is InChI=1S/C9H17NO2/c1-7-5-3-4-6-8(7)10-9(11)12-2/h7-8H,3-6H2,1-2H3,(H,10,11). The summed E-state index contributed by atoms with van der Waals surface area (Å²) < 4.78 is 4.55. The Labute approximate surface area is 73.5 Å². The number of methoxy groups -OCH3 is 1. The molecule has 2 unspecified atom stereocenters. The molecule has 70 valence electrons. The number of amides is 1. The van der Waals surface area contributed by atoms with E-state index in [1.165, 1.54) is 26.4 Å². The Morgan fingerprint density at radius 1 is 1.42 bits per heavy atom. The molecule has 0 heterocycles. The van der Waals surface area contributed by atoms with E-state index < -0.39 is 0 Å². The van der Waals surface area contributed by atoms with Crippen LogP contribution in [0.25, 0.3) is 0 Å². The number of carbonyl (C=O) groups is 1. The van der Waals surface area contributed by atoms with Gasteiger partial charge < -0.3 is 10.1 Å². The first-order valence-electron chi connectivity index (χ1n) is 4.58. The van der Waals surface area contributed by atoms with Gasteiger partial charge in [-0.15, -0.1) is 0 Å². The molecule has 3 nitrogen and oxygen atoms in total. The minimum absolute atomic E-state index is 0.297. The number of hydrogen-bond donors (Lipinski definition) is 1. The molecule has 0 bridgehead atoms. The molecule has 1 aliphatic carbocycles. The number of alkyl carbamates (subject to hydrolysis) is 1. The van der Waals surface area contributed by atoms with Crippen LogP contribution in [0.5, 0.6) is 0 Å². The van der Waals surface area contributed by atoms with Crippen molar-refractivity contribution in [2.45, 2.75) is 38.6 Å². The molecule has 0 aromatic rings. The molecule has 1 aliphatic rings. The summed E-state index contributed by atoms with van der Waals surface area (Å²) in [5.74, 6) is 0.595. The van der Waals surface area contributed by atoms with E-state index in [0.29, 0.717) is 12.0 Å². The van der Waals surface area contributed by atoms with Gasteiger partial charge in [-0.25, -0.2) is 4.79 Å². The van der Waals surface area contributed by atoms with E-state index >= 15 is 0 Å². The number of rotatable bonds is 1. The zero-order chi connectivity index (χ0) is 8.97. The van der Waals surface area contributed by atoms with Gasteiger partial charge in [0.1, 0.15) is 0 Å². The molecular formula is C9H17NO2. The van der Waals surface area contributed by atoms with Crippen LogP contribution in [0.2, 0.25) is 0 Å². The van der Waals surface area contributed by atoms with Crippen molar-refractivity contribution in [3.8, 4) is 0 Å². The average Bonchev–Trinajstić information content (AvgIpc) is 2.09. The molecule has 0 aliphatic heterocycles. The van der Waals surface area contributed by atoms with Gasteiger partial charge in [0, 0.05) is 6.04 Å². The Morgan fingerprint density at radius 2 is 2.08 bits per heavy atom. The van der Waals surface area contributed by atoms with Crippen molar-refractivity contribution in [1.29, 1.82) is 0 Å². The van der Waals surface area contributed by atoms with Crippen LogP contribution < -0.4 is 5.32 Å². The SMILES string of the molecule is COC(=O)NC1CCCCC1C. The third kappa shape index (κ3) is 2.40. The Kier molecular flexibility index (Phi) is 3.38. The predicted octanol–water partition coefficient (Wildman–Crippen LogP) is 1.92. The van der Waals surface area contributed by atoms with Gasteiger partial charge in [-0.2, -0.15) is 0 Å². The van der Waals surface area contributed by atoms with Crippen molar-refractivity contribution >= 4 is 6.09 Å². The Morgan fingerprint density at radius 3 is 2.67 bits per heavy atom. The highest BCUT2D eigenvalue weighted by Gasteiger charge is 2.22.